The summed E-state index contributed by atoms with van der Waals surface area (Å²) in [5, 5.41) is 0. The summed E-state index contributed by atoms with van der Waals surface area (Å²) in [5.41, 5.74) is -0.120. The van der Waals surface area contributed by atoms with E-state index in [1.54, 1.807) is 18.2 Å². The highest BCUT2D eigenvalue weighted by molar-refractivity contribution is 5.31. The smallest absolute Gasteiger partial charge is 0.220 e. The Morgan fingerprint density at radius 1 is 1.39 bits per heavy atom. The number of unbranched alkanes of at least 4 members (excludes halogenated alkanes) is 1. The Balaban J connectivity index is 2.08. The van der Waals surface area contributed by atoms with Gasteiger partial charge in [0.1, 0.15) is 11.9 Å². The number of hydrogen-bond donors (Lipinski definition) is 0. The fraction of sp³-hybridized carbons (Fsp3) is 0.500. The molecule has 1 heterocycles. The van der Waals surface area contributed by atoms with Crippen LogP contribution in [-0.4, -0.2) is 25.9 Å². The Morgan fingerprint density at radius 2 is 2.22 bits per heavy atom. The van der Waals surface area contributed by atoms with Crippen LogP contribution in [0.5, 0.6) is 11.5 Å². The van der Waals surface area contributed by atoms with Crippen LogP contribution in [0.15, 0.2) is 29.1 Å². The highest BCUT2D eigenvalue weighted by Crippen LogP contribution is 2.18. The standard InChI is InChI=1S/C14H18O4/c1-2-3-7-17-14-8-11(5-4-6-13(14)15)18-12-9-16-10-12/h4-6,8,12H,2-3,7,9-10H2,1H3. The molecule has 18 heavy (non-hydrogen) atoms. The zero-order chi connectivity index (χ0) is 12.8. The summed E-state index contributed by atoms with van der Waals surface area (Å²) < 4.78 is 16.2. The number of hydrogen-bond acceptors (Lipinski definition) is 4. The number of ether oxygens (including phenoxy) is 3. The van der Waals surface area contributed by atoms with Crippen LogP contribution in [0.3, 0.4) is 0 Å². The molecule has 4 heteroatoms. The third-order valence-electron chi connectivity index (χ3n) is 2.69. The van der Waals surface area contributed by atoms with E-state index >= 15 is 0 Å². The summed E-state index contributed by atoms with van der Waals surface area (Å²) in [5.74, 6) is 1.00. The number of rotatable bonds is 6. The summed E-state index contributed by atoms with van der Waals surface area (Å²) >= 11 is 0. The monoisotopic (exact) mass is 250 g/mol. The van der Waals surface area contributed by atoms with Gasteiger partial charge in [0.15, 0.2) is 5.75 Å². The SMILES string of the molecule is CCCCOc1cc(OC2COC2)cccc1=O. The predicted octanol–water partition coefficient (Wildman–Crippen LogP) is 2.00. The molecule has 1 aromatic rings. The second-order valence-electron chi connectivity index (χ2n) is 4.28. The second-order valence-corrected chi connectivity index (χ2v) is 4.28. The molecule has 1 aliphatic rings. The van der Waals surface area contributed by atoms with Crippen molar-refractivity contribution in [3.05, 3.63) is 34.5 Å². The Bertz CT molecular complexity index is 440. The van der Waals surface area contributed by atoms with Crippen molar-refractivity contribution in [1.29, 1.82) is 0 Å². The molecule has 2 rings (SSSR count). The van der Waals surface area contributed by atoms with E-state index in [1.807, 2.05) is 0 Å². The van der Waals surface area contributed by atoms with E-state index in [0.29, 0.717) is 31.3 Å². The molecule has 0 amide bonds. The van der Waals surface area contributed by atoms with Gasteiger partial charge >= 0.3 is 0 Å². The van der Waals surface area contributed by atoms with E-state index in [2.05, 4.69) is 6.92 Å². The maximum Gasteiger partial charge on any atom is 0.220 e. The zero-order valence-electron chi connectivity index (χ0n) is 10.6. The molecular formula is C14H18O4. The summed E-state index contributed by atoms with van der Waals surface area (Å²) in [7, 11) is 0. The molecule has 4 nitrogen and oxygen atoms in total. The van der Waals surface area contributed by atoms with Gasteiger partial charge in [-0.05, 0) is 18.6 Å². The van der Waals surface area contributed by atoms with Gasteiger partial charge in [-0.15, -0.1) is 0 Å². The first-order chi connectivity index (χ1) is 8.79. The first-order valence-electron chi connectivity index (χ1n) is 6.31. The van der Waals surface area contributed by atoms with E-state index in [1.165, 1.54) is 6.07 Å². The fourth-order valence-corrected chi connectivity index (χ4v) is 1.55. The predicted molar refractivity (Wildman–Crippen MR) is 68.4 cm³/mol. The van der Waals surface area contributed by atoms with Gasteiger partial charge in [-0.1, -0.05) is 19.4 Å². The molecule has 0 saturated carbocycles. The first-order valence-corrected chi connectivity index (χ1v) is 6.31. The minimum absolute atomic E-state index is 0.0889. The van der Waals surface area contributed by atoms with Gasteiger partial charge < -0.3 is 14.2 Å². The van der Waals surface area contributed by atoms with Crippen LogP contribution >= 0.6 is 0 Å². The van der Waals surface area contributed by atoms with Crippen molar-refractivity contribution in [3.63, 3.8) is 0 Å². The summed E-state index contributed by atoms with van der Waals surface area (Å²) in [6.45, 7) is 3.85. The van der Waals surface area contributed by atoms with Gasteiger partial charge in [0.25, 0.3) is 0 Å². The summed E-state index contributed by atoms with van der Waals surface area (Å²) in [6, 6.07) is 6.61. The molecule has 0 aromatic heterocycles. The highest BCUT2D eigenvalue weighted by Gasteiger charge is 2.20. The molecule has 0 atom stereocenters. The molecular weight excluding hydrogens is 232 g/mol. The van der Waals surface area contributed by atoms with Crippen molar-refractivity contribution in [3.8, 4) is 11.5 Å². The molecule has 0 bridgehead atoms. The van der Waals surface area contributed by atoms with E-state index in [0.717, 1.165) is 12.8 Å². The van der Waals surface area contributed by atoms with Gasteiger partial charge in [0.2, 0.25) is 5.43 Å². The average Bonchev–Trinajstić information content (AvgIpc) is 2.47. The highest BCUT2D eigenvalue weighted by atomic mass is 16.6. The lowest BCUT2D eigenvalue weighted by molar-refractivity contribution is -0.0797. The molecule has 1 fully saturated rings. The molecule has 0 unspecified atom stereocenters. The average molecular weight is 250 g/mol. The van der Waals surface area contributed by atoms with Crippen LogP contribution < -0.4 is 14.9 Å². The minimum Gasteiger partial charge on any atom is -0.489 e. The van der Waals surface area contributed by atoms with Crippen molar-refractivity contribution >= 4 is 0 Å². The fourth-order valence-electron chi connectivity index (χ4n) is 1.55. The van der Waals surface area contributed by atoms with Gasteiger partial charge in [-0.2, -0.15) is 0 Å². The van der Waals surface area contributed by atoms with Crippen LogP contribution in [0, 0.1) is 0 Å². The second kappa shape index (κ2) is 6.40. The largest absolute Gasteiger partial charge is 0.489 e. The zero-order valence-corrected chi connectivity index (χ0v) is 10.6. The van der Waals surface area contributed by atoms with Crippen molar-refractivity contribution in [2.75, 3.05) is 19.8 Å². The lowest BCUT2D eigenvalue weighted by Gasteiger charge is -2.26. The minimum atomic E-state index is -0.120. The van der Waals surface area contributed by atoms with E-state index in [4.69, 9.17) is 14.2 Å². The molecule has 0 N–H and O–H groups in total. The lowest BCUT2D eigenvalue weighted by Crippen LogP contribution is -2.38. The van der Waals surface area contributed by atoms with Crippen molar-refractivity contribution in [2.45, 2.75) is 25.9 Å². The van der Waals surface area contributed by atoms with Gasteiger partial charge in [-0.3, -0.25) is 4.79 Å². The molecule has 1 aromatic carbocycles. The van der Waals surface area contributed by atoms with Gasteiger partial charge in [0, 0.05) is 6.07 Å². The normalized spacial score (nSPS) is 14.9. The van der Waals surface area contributed by atoms with E-state index in [9.17, 15) is 4.79 Å². The first kappa shape index (κ1) is 12.9. The Kier molecular flexibility index (Phi) is 4.59. The molecule has 1 aliphatic heterocycles. The van der Waals surface area contributed by atoms with Crippen molar-refractivity contribution in [2.24, 2.45) is 0 Å². The molecule has 0 radical (unpaired) electrons. The summed E-state index contributed by atoms with van der Waals surface area (Å²) in [6.07, 6.45) is 2.06. The van der Waals surface area contributed by atoms with Crippen molar-refractivity contribution in [1.82, 2.24) is 0 Å². The van der Waals surface area contributed by atoms with E-state index in [-0.39, 0.29) is 11.5 Å². The molecule has 98 valence electrons. The Hall–Kier alpha value is -1.55. The maximum absolute atomic E-state index is 11.7. The summed E-state index contributed by atoms with van der Waals surface area (Å²) in [4.78, 5) is 11.7. The topological polar surface area (TPSA) is 44.8 Å². The third kappa shape index (κ3) is 3.47. The van der Waals surface area contributed by atoms with E-state index < -0.39 is 0 Å². The third-order valence-corrected chi connectivity index (χ3v) is 2.69. The van der Waals surface area contributed by atoms with Crippen LogP contribution in [0.4, 0.5) is 0 Å². The molecule has 0 spiro atoms. The maximum atomic E-state index is 11.7. The van der Waals surface area contributed by atoms with Crippen LogP contribution in [0.1, 0.15) is 19.8 Å². The van der Waals surface area contributed by atoms with Crippen LogP contribution in [0.2, 0.25) is 0 Å². The molecule has 1 saturated heterocycles. The Labute approximate surface area is 106 Å². The Morgan fingerprint density at radius 3 is 2.89 bits per heavy atom. The molecule has 0 aliphatic carbocycles. The van der Waals surface area contributed by atoms with Gasteiger partial charge in [0.05, 0.1) is 19.8 Å². The quantitative estimate of drug-likeness (QED) is 0.724. The van der Waals surface area contributed by atoms with Crippen LogP contribution in [0.25, 0.3) is 0 Å². The van der Waals surface area contributed by atoms with Crippen LogP contribution in [-0.2, 0) is 4.74 Å². The van der Waals surface area contributed by atoms with Crippen molar-refractivity contribution < 1.29 is 14.2 Å². The lowest BCUT2D eigenvalue weighted by atomic mass is 10.3. The van der Waals surface area contributed by atoms with Gasteiger partial charge in [-0.25, -0.2) is 0 Å².